The second kappa shape index (κ2) is 6.07. The lowest BCUT2D eigenvalue weighted by Gasteiger charge is -2.54. The fourth-order valence-corrected chi connectivity index (χ4v) is 3.93. The van der Waals surface area contributed by atoms with Crippen molar-refractivity contribution in [3.8, 4) is 0 Å². The van der Waals surface area contributed by atoms with Crippen LogP contribution in [0.1, 0.15) is 49.9 Å². The Labute approximate surface area is 143 Å². The average molecular weight is 349 g/mol. The summed E-state index contributed by atoms with van der Waals surface area (Å²) in [5, 5.41) is 23.6. The molecule has 2 aliphatic heterocycles. The lowest BCUT2D eigenvalue weighted by molar-refractivity contribution is -0.394. The van der Waals surface area contributed by atoms with Crippen molar-refractivity contribution >= 4 is 17.3 Å². The second-order valence-corrected chi connectivity index (χ2v) is 7.12. The number of hydrogen-bond donors (Lipinski definition) is 0. The van der Waals surface area contributed by atoms with Crippen LogP contribution in [-0.2, 0) is 4.84 Å². The highest BCUT2D eigenvalue weighted by molar-refractivity contribution is 5.91. The lowest BCUT2D eigenvalue weighted by atomic mass is 9.69. The number of nitro benzene ring substituents is 2. The topological polar surface area (TPSA) is 116 Å². The SMILES string of the molecule is CC1(C)C2CCC(CC2)N1OC(=O)c1cc([N+](=O)[O-])cc([N+](=O)[O-])c1. The molecule has 0 atom stereocenters. The van der Waals surface area contributed by atoms with Crippen molar-refractivity contribution in [3.05, 3.63) is 44.0 Å². The molecule has 3 fully saturated rings. The molecule has 1 aliphatic carbocycles. The van der Waals surface area contributed by atoms with Gasteiger partial charge in [-0.05, 0) is 45.4 Å². The van der Waals surface area contributed by atoms with Gasteiger partial charge in [-0.15, -0.1) is 5.06 Å². The van der Waals surface area contributed by atoms with E-state index in [2.05, 4.69) is 0 Å². The Morgan fingerprint density at radius 1 is 1.08 bits per heavy atom. The van der Waals surface area contributed by atoms with Gasteiger partial charge in [0.25, 0.3) is 11.4 Å². The van der Waals surface area contributed by atoms with Crippen molar-refractivity contribution in [2.24, 2.45) is 5.92 Å². The number of rotatable bonds is 4. The Hall–Kier alpha value is -2.55. The smallest absolute Gasteiger partial charge is 0.357 e. The van der Waals surface area contributed by atoms with Crippen molar-refractivity contribution in [3.63, 3.8) is 0 Å². The summed E-state index contributed by atoms with van der Waals surface area (Å²) in [5.74, 6) is -0.405. The maximum absolute atomic E-state index is 12.5. The van der Waals surface area contributed by atoms with Crippen LogP contribution >= 0.6 is 0 Å². The third-order valence-corrected chi connectivity index (χ3v) is 5.34. The van der Waals surface area contributed by atoms with Crippen LogP contribution in [0, 0.1) is 26.1 Å². The predicted molar refractivity (Wildman–Crippen MR) is 86.8 cm³/mol. The highest BCUT2D eigenvalue weighted by Crippen LogP contribution is 2.46. The van der Waals surface area contributed by atoms with E-state index in [0.717, 1.165) is 43.9 Å². The number of nitrogens with zero attached hydrogens (tertiary/aromatic N) is 3. The Kier molecular flexibility index (Phi) is 4.19. The molecule has 1 aromatic rings. The van der Waals surface area contributed by atoms with E-state index in [4.69, 9.17) is 4.84 Å². The maximum atomic E-state index is 12.5. The van der Waals surface area contributed by atoms with Crippen molar-refractivity contribution in [2.75, 3.05) is 0 Å². The van der Waals surface area contributed by atoms with Crippen molar-refractivity contribution in [1.29, 1.82) is 0 Å². The van der Waals surface area contributed by atoms with Crippen molar-refractivity contribution < 1.29 is 19.5 Å². The second-order valence-electron chi connectivity index (χ2n) is 7.12. The summed E-state index contributed by atoms with van der Waals surface area (Å²) in [6.07, 6.45) is 4.01. The van der Waals surface area contributed by atoms with Crippen LogP contribution in [0.4, 0.5) is 11.4 Å². The van der Waals surface area contributed by atoms with Gasteiger partial charge in [-0.2, -0.15) is 0 Å². The van der Waals surface area contributed by atoms with Gasteiger partial charge in [-0.3, -0.25) is 20.2 Å². The molecule has 25 heavy (non-hydrogen) atoms. The average Bonchev–Trinajstić information content (AvgIpc) is 2.57. The van der Waals surface area contributed by atoms with E-state index >= 15 is 0 Å². The number of fused-ring (bicyclic) bond motifs is 3. The number of carbonyl (C=O) groups excluding carboxylic acids is 1. The molecule has 9 heteroatoms. The highest BCUT2D eigenvalue weighted by Gasteiger charge is 2.49. The molecule has 2 bridgehead atoms. The third kappa shape index (κ3) is 3.07. The van der Waals surface area contributed by atoms with E-state index in [0.29, 0.717) is 5.92 Å². The summed E-state index contributed by atoms with van der Waals surface area (Å²) in [6, 6.07) is 2.94. The summed E-state index contributed by atoms with van der Waals surface area (Å²) in [6.45, 7) is 4.01. The van der Waals surface area contributed by atoms with E-state index in [1.807, 2.05) is 13.8 Å². The minimum absolute atomic E-state index is 0.109. The van der Waals surface area contributed by atoms with Gasteiger partial charge in [0.1, 0.15) is 0 Å². The van der Waals surface area contributed by atoms with Gasteiger partial charge in [0.2, 0.25) is 0 Å². The fraction of sp³-hybridized carbons (Fsp3) is 0.562. The van der Waals surface area contributed by atoms with Crippen LogP contribution < -0.4 is 0 Å². The molecule has 1 saturated carbocycles. The van der Waals surface area contributed by atoms with Crippen molar-refractivity contribution in [2.45, 2.75) is 51.1 Å². The van der Waals surface area contributed by atoms with E-state index in [-0.39, 0.29) is 17.1 Å². The third-order valence-electron chi connectivity index (χ3n) is 5.34. The van der Waals surface area contributed by atoms with Crippen LogP contribution in [-0.4, -0.2) is 32.5 Å². The van der Waals surface area contributed by atoms with E-state index < -0.39 is 27.2 Å². The molecule has 4 rings (SSSR count). The molecule has 3 aliphatic rings. The molecule has 2 saturated heterocycles. The quantitative estimate of drug-likeness (QED) is 0.605. The van der Waals surface area contributed by atoms with Gasteiger partial charge in [0.15, 0.2) is 0 Å². The molecule has 2 heterocycles. The first-order valence-electron chi connectivity index (χ1n) is 8.15. The van der Waals surface area contributed by atoms with Crippen LogP contribution in [0.15, 0.2) is 18.2 Å². The molecule has 9 nitrogen and oxygen atoms in total. The summed E-state index contributed by atoms with van der Waals surface area (Å²) >= 11 is 0. The lowest BCUT2D eigenvalue weighted by Crippen LogP contribution is -2.61. The molecule has 0 unspecified atom stereocenters. The van der Waals surface area contributed by atoms with Gasteiger partial charge in [-0.1, -0.05) is 0 Å². The number of nitro groups is 2. The van der Waals surface area contributed by atoms with Crippen LogP contribution in [0.5, 0.6) is 0 Å². The number of hydroxylamine groups is 2. The first-order chi connectivity index (χ1) is 11.7. The molecule has 1 aromatic carbocycles. The maximum Gasteiger partial charge on any atom is 0.357 e. The highest BCUT2D eigenvalue weighted by atomic mass is 16.7. The first-order valence-corrected chi connectivity index (χ1v) is 8.15. The largest absolute Gasteiger partial charge is 0.363 e. The summed E-state index contributed by atoms with van der Waals surface area (Å²) in [5.41, 5.74) is -1.55. The van der Waals surface area contributed by atoms with Crippen molar-refractivity contribution in [1.82, 2.24) is 5.06 Å². The van der Waals surface area contributed by atoms with Crippen LogP contribution in [0.3, 0.4) is 0 Å². The Balaban J connectivity index is 1.88. The predicted octanol–water partition coefficient (Wildman–Crippen LogP) is 3.23. The van der Waals surface area contributed by atoms with E-state index in [1.54, 1.807) is 5.06 Å². The zero-order valence-electron chi connectivity index (χ0n) is 14.0. The standard InChI is InChI=1S/C16H19N3O6/c1-16(2)11-3-5-12(6-4-11)17(16)25-15(20)10-7-13(18(21)22)9-14(8-10)19(23)24/h7-9,11-12H,3-6H2,1-2H3. The van der Waals surface area contributed by atoms with Gasteiger partial charge in [0.05, 0.1) is 27.0 Å². The molecule has 0 spiro atoms. The number of benzene rings is 1. The van der Waals surface area contributed by atoms with Gasteiger partial charge < -0.3 is 4.84 Å². The molecule has 0 aromatic heterocycles. The number of carbonyl (C=O) groups is 1. The normalized spacial score (nSPS) is 24.7. The molecule has 0 amide bonds. The summed E-state index contributed by atoms with van der Waals surface area (Å²) in [4.78, 5) is 38.5. The molecular formula is C16H19N3O6. The van der Waals surface area contributed by atoms with Gasteiger partial charge in [0, 0.05) is 18.2 Å². The van der Waals surface area contributed by atoms with E-state index in [1.165, 1.54) is 0 Å². The number of piperidine rings is 2. The minimum atomic E-state index is -0.813. The minimum Gasteiger partial charge on any atom is -0.363 e. The monoisotopic (exact) mass is 349 g/mol. The molecular weight excluding hydrogens is 330 g/mol. The fourth-order valence-electron chi connectivity index (χ4n) is 3.93. The molecule has 0 N–H and O–H groups in total. The van der Waals surface area contributed by atoms with Gasteiger partial charge in [-0.25, -0.2) is 4.79 Å². The Morgan fingerprint density at radius 2 is 1.60 bits per heavy atom. The first kappa shape index (κ1) is 17.3. The van der Waals surface area contributed by atoms with Crippen LogP contribution in [0.25, 0.3) is 0 Å². The zero-order chi connectivity index (χ0) is 18.4. The molecule has 0 radical (unpaired) electrons. The summed E-state index contributed by atoms with van der Waals surface area (Å²) in [7, 11) is 0. The summed E-state index contributed by atoms with van der Waals surface area (Å²) < 4.78 is 0. The van der Waals surface area contributed by atoms with Gasteiger partial charge >= 0.3 is 5.97 Å². The number of hydrogen-bond acceptors (Lipinski definition) is 7. The molecule has 134 valence electrons. The Morgan fingerprint density at radius 3 is 2.04 bits per heavy atom. The van der Waals surface area contributed by atoms with Crippen LogP contribution in [0.2, 0.25) is 0 Å². The zero-order valence-corrected chi connectivity index (χ0v) is 14.0. The van der Waals surface area contributed by atoms with E-state index in [9.17, 15) is 25.0 Å². The Bertz CT molecular complexity index is 707. The number of non-ortho nitro benzene ring substituents is 2.